The molecular weight excluding hydrogens is 390 g/mol. The highest BCUT2D eigenvalue weighted by molar-refractivity contribution is 9.10. The van der Waals surface area contributed by atoms with E-state index in [0.717, 1.165) is 47.9 Å². The van der Waals surface area contributed by atoms with Gasteiger partial charge in [0.2, 0.25) is 0 Å². The number of urea groups is 1. The van der Waals surface area contributed by atoms with Crippen LogP contribution in [0.15, 0.2) is 53.0 Å². The number of anilines is 1. The molecular formula is C18H19BrClN3O. The Morgan fingerprint density at radius 1 is 1.08 bits per heavy atom. The summed E-state index contributed by atoms with van der Waals surface area (Å²) in [6.45, 7) is 4.04. The molecule has 0 spiro atoms. The summed E-state index contributed by atoms with van der Waals surface area (Å²) in [4.78, 5) is 16.5. The van der Waals surface area contributed by atoms with Gasteiger partial charge < -0.3 is 10.2 Å². The average molecular weight is 409 g/mol. The predicted octanol–water partition coefficient (Wildman–Crippen LogP) is 4.45. The van der Waals surface area contributed by atoms with Crippen molar-refractivity contribution in [3.8, 4) is 0 Å². The number of piperazine rings is 1. The smallest absolute Gasteiger partial charge is 0.321 e. The van der Waals surface area contributed by atoms with Crippen molar-refractivity contribution in [3.63, 3.8) is 0 Å². The van der Waals surface area contributed by atoms with Crippen LogP contribution in [0, 0.1) is 0 Å². The molecule has 1 N–H and O–H groups in total. The maximum absolute atomic E-state index is 12.3. The number of nitrogens with one attached hydrogen (secondary N) is 1. The van der Waals surface area contributed by atoms with E-state index >= 15 is 0 Å². The van der Waals surface area contributed by atoms with Gasteiger partial charge in [0.25, 0.3) is 0 Å². The number of rotatable bonds is 3. The molecule has 1 fully saturated rings. The van der Waals surface area contributed by atoms with Crippen LogP contribution in [0.2, 0.25) is 5.02 Å². The van der Waals surface area contributed by atoms with Crippen LogP contribution >= 0.6 is 27.5 Å². The molecule has 0 saturated carbocycles. The minimum atomic E-state index is -0.0419. The first-order valence-corrected chi connectivity index (χ1v) is 9.05. The molecule has 24 heavy (non-hydrogen) atoms. The summed E-state index contributed by atoms with van der Waals surface area (Å²) in [5.74, 6) is 0. The monoisotopic (exact) mass is 407 g/mol. The zero-order valence-electron chi connectivity index (χ0n) is 13.2. The van der Waals surface area contributed by atoms with E-state index in [1.807, 2.05) is 47.4 Å². The molecule has 0 atom stereocenters. The zero-order chi connectivity index (χ0) is 16.9. The molecule has 2 amide bonds. The van der Waals surface area contributed by atoms with Crippen LogP contribution in [0.5, 0.6) is 0 Å². The Labute approximate surface area is 155 Å². The van der Waals surface area contributed by atoms with Crippen LogP contribution in [0.1, 0.15) is 5.56 Å². The Morgan fingerprint density at radius 3 is 2.46 bits per heavy atom. The van der Waals surface area contributed by atoms with E-state index in [1.165, 1.54) is 5.56 Å². The normalized spacial score (nSPS) is 15.3. The summed E-state index contributed by atoms with van der Waals surface area (Å²) in [5, 5.41) is 3.70. The van der Waals surface area contributed by atoms with Crippen LogP contribution in [0.4, 0.5) is 10.5 Å². The molecule has 6 heteroatoms. The van der Waals surface area contributed by atoms with Gasteiger partial charge >= 0.3 is 6.03 Å². The molecule has 1 saturated heterocycles. The highest BCUT2D eigenvalue weighted by Crippen LogP contribution is 2.16. The third-order valence-corrected chi connectivity index (χ3v) is 4.81. The van der Waals surface area contributed by atoms with Crippen molar-refractivity contribution in [2.24, 2.45) is 0 Å². The van der Waals surface area contributed by atoms with Gasteiger partial charge in [0.05, 0.1) is 0 Å². The fraction of sp³-hybridized carbons (Fsp3) is 0.278. The summed E-state index contributed by atoms with van der Waals surface area (Å²) in [5.41, 5.74) is 2.01. The summed E-state index contributed by atoms with van der Waals surface area (Å²) < 4.78 is 0.995. The average Bonchev–Trinajstić information content (AvgIpc) is 2.57. The van der Waals surface area contributed by atoms with Crippen molar-refractivity contribution in [2.45, 2.75) is 6.54 Å². The molecule has 1 heterocycles. The highest BCUT2D eigenvalue weighted by Gasteiger charge is 2.21. The van der Waals surface area contributed by atoms with Crippen LogP contribution < -0.4 is 5.32 Å². The van der Waals surface area contributed by atoms with Crippen molar-refractivity contribution in [1.82, 2.24) is 9.80 Å². The number of halogens is 2. The first kappa shape index (κ1) is 17.3. The molecule has 0 aliphatic carbocycles. The molecule has 126 valence electrons. The quantitative estimate of drug-likeness (QED) is 0.814. The fourth-order valence-electron chi connectivity index (χ4n) is 2.74. The van der Waals surface area contributed by atoms with Crippen molar-refractivity contribution in [3.05, 3.63) is 63.6 Å². The van der Waals surface area contributed by atoms with E-state index in [-0.39, 0.29) is 6.03 Å². The number of carbonyl (C=O) groups excluding carboxylic acids is 1. The van der Waals surface area contributed by atoms with E-state index < -0.39 is 0 Å². The molecule has 0 bridgehead atoms. The minimum absolute atomic E-state index is 0.0419. The van der Waals surface area contributed by atoms with Crippen LogP contribution in [-0.4, -0.2) is 42.0 Å². The maximum Gasteiger partial charge on any atom is 0.321 e. The number of amides is 2. The minimum Gasteiger partial charge on any atom is -0.322 e. The summed E-state index contributed by atoms with van der Waals surface area (Å²) in [7, 11) is 0. The fourth-order valence-corrected chi connectivity index (χ4v) is 3.22. The molecule has 3 rings (SSSR count). The van der Waals surface area contributed by atoms with E-state index in [0.29, 0.717) is 0 Å². The van der Waals surface area contributed by atoms with E-state index in [9.17, 15) is 4.79 Å². The standard InChI is InChI=1S/C18H19BrClN3O/c19-15-4-6-17(7-5-15)21-18(24)23-10-8-22(9-11-23)13-14-2-1-3-16(20)12-14/h1-7,12H,8-11,13H2,(H,21,24). The van der Waals surface area contributed by atoms with Crippen molar-refractivity contribution in [1.29, 1.82) is 0 Å². The first-order chi connectivity index (χ1) is 11.6. The third kappa shape index (κ3) is 4.72. The van der Waals surface area contributed by atoms with Gasteiger partial charge in [-0.2, -0.15) is 0 Å². The van der Waals surface area contributed by atoms with Gasteiger partial charge in [-0.3, -0.25) is 4.90 Å². The Balaban J connectivity index is 1.49. The van der Waals surface area contributed by atoms with Crippen molar-refractivity contribution >= 4 is 39.2 Å². The Hall–Kier alpha value is -1.56. The SMILES string of the molecule is O=C(Nc1ccc(Br)cc1)N1CCN(Cc2cccc(Cl)c2)CC1. The first-order valence-electron chi connectivity index (χ1n) is 7.88. The third-order valence-electron chi connectivity index (χ3n) is 4.05. The number of nitrogens with zero attached hydrogens (tertiary/aromatic N) is 2. The van der Waals surface area contributed by atoms with Gasteiger partial charge in [-0.15, -0.1) is 0 Å². The van der Waals surface area contributed by atoms with Gasteiger partial charge in [0.1, 0.15) is 0 Å². The lowest BCUT2D eigenvalue weighted by molar-refractivity contribution is 0.143. The van der Waals surface area contributed by atoms with E-state index in [4.69, 9.17) is 11.6 Å². The second-order valence-corrected chi connectivity index (χ2v) is 7.18. The Bertz CT molecular complexity index is 700. The van der Waals surface area contributed by atoms with Gasteiger partial charge in [-0.25, -0.2) is 4.79 Å². The molecule has 0 radical (unpaired) electrons. The van der Waals surface area contributed by atoms with Crippen molar-refractivity contribution < 1.29 is 4.79 Å². The highest BCUT2D eigenvalue weighted by atomic mass is 79.9. The van der Waals surface area contributed by atoms with Crippen molar-refractivity contribution in [2.75, 3.05) is 31.5 Å². The van der Waals surface area contributed by atoms with Gasteiger partial charge in [-0.1, -0.05) is 39.7 Å². The number of hydrogen-bond acceptors (Lipinski definition) is 2. The largest absolute Gasteiger partial charge is 0.322 e. The lowest BCUT2D eigenvalue weighted by atomic mass is 10.2. The molecule has 2 aromatic carbocycles. The molecule has 1 aliphatic rings. The Kier molecular flexibility index (Phi) is 5.76. The van der Waals surface area contributed by atoms with Crippen LogP contribution in [0.25, 0.3) is 0 Å². The van der Waals surface area contributed by atoms with E-state index in [1.54, 1.807) is 0 Å². The van der Waals surface area contributed by atoms with Crippen LogP contribution in [0.3, 0.4) is 0 Å². The molecule has 2 aromatic rings. The topological polar surface area (TPSA) is 35.6 Å². The number of benzene rings is 2. The number of carbonyl (C=O) groups is 1. The second-order valence-electron chi connectivity index (χ2n) is 5.83. The Morgan fingerprint density at radius 2 is 1.79 bits per heavy atom. The lowest BCUT2D eigenvalue weighted by Crippen LogP contribution is -2.49. The summed E-state index contributed by atoms with van der Waals surface area (Å²) >= 11 is 9.42. The molecule has 4 nitrogen and oxygen atoms in total. The van der Waals surface area contributed by atoms with Gasteiger partial charge in [0, 0.05) is 47.9 Å². The van der Waals surface area contributed by atoms with Crippen LogP contribution in [-0.2, 0) is 6.54 Å². The lowest BCUT2D eigenvalue weighted by Gasteiger charge is -2.34. The molecule has 0 unspecified atom stereocenters. The van der Waals surface area contributed by atoms with Gasteiger partial charge in [-0.05, 0) is 42.0 Å². The molecule has 1 aliphatic heterocycles. The zero-order valence-corrected chi connectivity index (χ0v) is 15.6. The second kappa shape index (κ2) is 8.01. The maximum atomic E-state index is 12.3. The predicted molar refractivity (Wildman–Crippen MR) is 101 cm³/mol. The van der Waals surface area contributed by atoms with Gasteiger partial charge in [0.15, 0.2) is 0 Å². The van der Waals surface area contributed by atoms with E-state index in [2.05, 4.69) is 32.2 Å². The summed E-state index contributed by atoms with van der Waals surface area (Å²) in [6, 6.07) is 15.5. The number of hydrogen-bond donors (Lipinski definition) is 1. The molecule has 0 aromatic heterocycles. The summed E-state index contributed by atoms with van der Waals surface area (Å²) in [6.07, 6.45) is 0.